The first-order valence-corrected chi connectivity index (χ1v) is 7.96. The summed E-state index contributed by atoms with van der Waals surface area (Å²) in [5, 5.41) is 6.17. The standard InChI is InChI=1S/C19H18N2O3/c1-12-5-3-4-6-15(12)17-10-16(20-21(17)13(2)22)14-7-8-18-19(9-14)24-11-23-18/h3-9,17H,10-11H2,1-2H3. The molecule has 2 aromatic rings. The van der Waals surface area contributed by atoms with E-state index in [1.807, 2.05) is 30.3 Å². The maximum atomic E-state index is 12.1. The van der Waals surface area contributed by atoms with Gasteiger partial charge in [-0.1, -0.05) is 24.3 Å². The van der Waals surface area contributed by atoms with Gasteiger partial charge in [-0.3, -0.25) is 4.79 Å². The molecule has 0 bridgehead atoms. The summed E-state index contributed by atoms with van der Waals surface area (Å²) in [5.74, 6) is 1.42. The van der Waals surface area contributed by atoms with E-state index in [4.69, 9.17) is 9.47 Å². The number of rotatable bonds is 2. The summed E-state index contributed by atoms with van der Waals surface area (Å²) in [6.07, 6.45) is 0.685. The lowest BCUT2D eigenvalue weighted by atomic mass is 9.95. The van der Waals surface area contributed by atoms with E-state index in [0.29, 0.717) is 6.42 Å². The molecule has 5 heteroatoms. The molecular formula is C19H18N2O3. The molecule has 1 amide bonds. The molecule has 0 N–H and O–H groups in total. The van der Waals surface area contributed by atoms with Gasteiger partial charge < -0.3 is 9.47 Å². The second kappa shape index (κ2) is 5.67. The van der Waals surface area contributed by atoms with Crippen molar-refractivity contribution >= 4 is 11.6 Å². The van der Waals surface area contributed by atoms with Crippen LogP contribution in [0.1, 0.15) is 36.1 Å². The van der Waals surface area contributed by atoms with Crippen LogP contribution < -0.4 is 9.47 Å². The van der Waals surface area contributed by atoms with Crippen molar-refractivity contribution in [2.45, 2.75) is 26.3 Å². The summed E-state index contributed by atoms with van der Waals surface area (Å²) in [4.78, 5) is 12.1. The van der Waals surface area contributed by atoms with E-state index in [1.54, 1.807) is 11.9 Å². The van der Waals surface area contributed by atoms with Gasteiger partial charge in [0, 0.05) is 18.9 Å². The Morgan fingerprint density at radius 1 is 1.17 bits per heavy atom. The van der Waals surface area contributed by atoms with Crippen molar-refractivity contribution in [1.82, 2.24) is 5.01 Å². The van der Waals surface area contributed by atoms with E-state index < -0.39 is 0 Å². The largest absolute Gasteiger partial charge is 0.454 e. The van der Waals surface area contributed by atoms with Crippen molar-refractivity contribution < 1.29 is 14.3 Å². The van der Waals surface area contributed by atoms with Crippen LogP contribution in [0.3, 0.4) is 0 Å². The fourth-order valence-corrected chi connectivity index (χ4v) is 3.25. The van der Waals surface area contributed by atoms with Crippen molar-refractivity contribution in [3.05, 3.63) is 59.2 Å². The minimum atomic E-state index is -0.0656. The molecule has 0 spiro atoms. The highest BCUT2D eigenvalue weighted by molar-refractivity contribution is 6.03. The van der Waals surface area contributed by atoms with Gasteiger partial charge in [-0.2, -0.15) is 5.10 Å². The number of ether oxygens (including phenoxy) is 2. The molecule has 2 aromatic carbocycles. The number of hydrogen-bond acceptors (Lipinski definition) is 4. The summed E-state index contributed by atoms with van der Waals surface area (Å²) in [7, 11) is 0. The number of carbonyl (C=O) groups excluding carboxylic acids is 1. The van der Waals surface area contributed by atoms with Crippen LogP contribution in [0.4, 0.5) is 0 Å². The SMILES string of the molecule is CC(=O)N1N=C(c2ccc3c(c2)OCO3)CC1c1ccccc1C. The number of carbonyl (C=O) groups is 1. The number of fused-ring (bicyclic) bond motifs is 1. The number of nitrogens with zero attached hydrogens (tertiary/aromatic N) is 2. The molecule has 0 fully saturated rings. The van der Waals surface area contributed by atoms with Crippen LogP contribution in [0.5, 0.6) is 11.5 Å². The molecule has 0 saturated heterocycles. The Hall–Kier alpha value is -2.82. The number of hydrogen-bond donors (Lipinski definition) is 0. The highest BCUT2D eigenvalue weighted by Gasteiger charge is 2.32. The molecule has 2 aliphatic rings. The van der Waals surface area contributed by atoms with Gasteiger partial charge in [-0.25, -0.2) is 5.01 Å². The van der Waals surface area contributed by atoms with Crippen LogP contribution in [0.15, 0.2) is 47.6 Å². The fraction of sp³-hybridized carbons (Fsp3) is 0.263. The molecule has 0 saturated carbocycles. The van der Waals surface area contributed by atoms with E-state index in [0.717, 1.165) is 33.9 Å². The normalized spacial score (nSPS) is 18.7. The smallest absolute Gasteiger partial charge is 0.240 e. The highest BCUT2D eigenvalue weighted by Crippen LogP contribution is 2.37. The zero-order valence-corrected chi connectivity index (χ0v) is 13.7. The lowest BCUT2D eigenvalue weighted by Gasteiger charge is -2.22. The summed E-state index contributed by atoms with van der Waals surface area (Å²) in [6.45, 7) is 3.86. The maximum absolute atomic E-state index is 12.1. The Labute approximate surface area is 140 Å². The average molecular weight is 322 g/mol. The van der Waals surface area contributed by atoms with E-state index in [-0.39, 0.29) is 18.7 Å². The number of amides is 1. The maximum Gasteiger partial charge on any atom is 0.240 e. The molecular weight excluding hydrogens is 304 g/mol. The van der Waals surface area contributed by atoms with E-state index >= 15 is 0 Å². The average Bonchev–Trinajstić information content (AvgIpc) is 3.21. The van der Waals surface area contributed by atoms with Gasteiger partial charge in [0.1, 0.15) is 0 Å². The Morgan fingerprint density at radius 3 is 2.75 bits per heavy atom. The Balaban J connectivity index is 1.70. The molecule has 5 nitrogen and oxygen atoms in total. The van der Waals surface area contributed by atoms with Gasteiger partial charge in [0.15, 0.2) is 11.5 Å². The third-order valence-electron chi connectivity index (χ3n) is 4.49. The second-order valence-electron chi connectivity index (χ2n) is 6.05. The van der Waals surface area contributed by atoms with E-state index in [2.05, 4.69) is 24.2 Å². The Bertz CT molecular complexity index is 844. The van der Waals surface area contributed by atoms with Crippen molar-refractivity contribution in [3.63, 3.8) is 0 Å². The molecule has 0 radical (unpaired) electrons. The Morgan fingerprint density at radius 2 is 1.96 bits per heavy atom. The monoisotopic (exact) mass is 322 g/mol. The zero-order chi connectivity index (χ0) is 16.7. The molecule has 24 heavy (non-hydrogen) atoms. The van der Waals surface area contributed by atoms with Gasteiger partial charge in [0.25, 0.3) is 0 Å². The van der Waals surface area contributed by atoms with Crippen LogP contribution in [0, 0.1) is 6.92 Å². The summed E-state index contributed by atoms with van der Waals surface area (Å²) >= 11 is 0. The lowest BCUT2D eigenvalue weighted by Crippen LogP contribution is -2.24. The van der Waals surface area contributed by atoms with Crippen molar-refractivity contribution in [2.75, 3.05) is 6.79 Å². The first-order chi connectivity index (χ1) is 11.6. The van der Waals surface area contributed by atoms with Crippen molar-refractivity contribution in [3.8, 4) is 11.5 Å². The minimum absolute atomic E-state index is 0.0565. The number of aryl methyl sites for hydroxylation is 1. The summed E-state index contributed by atoms with van der Waals surface area (Å²) in [5.41, 5.74) is 4.14. The first kappa shape index (κ1) is 14.8. The van der Waals surface area contributed by atoms with Crippen molar-refractivity contribution in [1.29, 1.82) is 0 Å². The van der Waals surface area contributed by atoms with Crippen LogP contribution in [0.2, 0.25) is 0 Å². The molecule has 122 valence electrons. The number of hydrazone groups is 1. The lowest BCUT2D eigenvalue weighted by molar-refractivity contribution is -0.130. The molecule has 2 heterocycles. The molecule has 2 aliphatic heterocycles. The highest BCUT2D eigenvalue weighted by atomic mass is 16.7. The minimum Gasteiger partial charge on any atom is -0.454 e. The Kier molecular flexibility index (Phi) is 3.49. The molecule has 1 atom stereocenters. The van der Waals surface area contributed by atoms with Crippen molar-refractivity contribution in [2.24, 2.45) is 5.10 Å². The van der Waals surface area contributed by atoms with Crippen LogP contribution >= 0.6 is 0 Å². The molecule has 4 rings (SSSR count). The first-order valence-electron chi connectivity index (χ1n) is 7.96. The van der Waals surface area contributed by atoms with Gasteiger partial charge in [-0.05, 0) is 36.2 Å². The quantitative estimate of drug-likeness (QED) is 0.851. The van der Waals surface area contributed by atoms with Crippen LogP contribution in [-0.2, 0) is 4.79 Å². The fourth-order valence-electron chi connectivity index (χ4n) is 3.25. The molecule has 0 aliphatic carbocycles. The van der Waals surface area contributed by atoms with E-state index in [1.165, 1.54) is 0 Å². The van der Waals surface area contributed by atoms with Crippen LogP contribution in [0.25, 0.3) is 0 Å². The third-order valence-corrected chi connectivity index (χ3v) is 4.49. The predicted octanol–water partition coefficient (Wildman–Crippen LogP) is 3.42. The zero-order valence-electron chi connectivity index (χ0n) is 13.7. The third kappa shape index (κ3) is 2.42. The van der Waals surface area contributed by atoms with E-state index in [9.17, 15) is 4.79 Å². The second-order valence-corrected chi connectivity index (χ2v) is 6.05. The molecule has 1 unspecified atom stereocenters. The predicted molar refractivity (Wildman–Crippen MR) is 90.2 cm³/mol. The van der Waals surface area contributed by atoms with Gasteiger partial charge in [-0.15, -0.1) is 0 Å². The van der Waals surface area contributed by atoms with Gasteiger partial charge >= 0.3 is 0 Å². The molecule has 0 aromatic heterocycles. The number of benzene rings is 2. The van der Waals surface area contributed by atoms with Gasteiger partial charge in [0.05, 0.1) is 11.8 Å². The topological polar surface area (TPSA) is 51.1 Å². The summed E-state index contributed by atoms with van der Waals surface area (Å²) < 4.78 is 10.8. The van der Waals surface area contributed by atoms with Gasteiger partial charge in [0.2, 0.25) is 12.7 Å². The summed E-state index contributed by atoms with van der Waals surface area (Å²) in [6, 6.07) is 13.8. The van der Waals surface area contributed by atoms with Crippen LogP contribution in [-0.4, -0.2) is 23.4 Å².